The number of likely N-dealkylation sites (tertiary alicyclic amines) is 1. The number of likely N-dealkylation sites (N-methyl/N-ethyl adjacent to an activating group) is 1. The Hall–Kier alpha value is -2.41. The Morgan fingerprint density at radius 2 is 2.25 bits per heavy atom. The zero-order valence-electron chi connectivity index (χ0n) is 13.8. The zero-order valence-corrected chi connectivity index (χ0v) is 13.8. The molecule has 1 N–H and O–H groups in total. The van der Waals surface area contributed by atoms with Crippen LogP contribution in [0.4, 0.5) is 9.18 Å². The van der Waals surface area contributed by atoms with E-state index in [2.05, 4.69) is 15.4 Å². The van der Waals surface area contributed by atoms with Crippen LogP contribution in [-0.4, -0.2) is 54.2 Å². The fourth-order valence-corrected chi connectivity index (χ4v) is 2.81. The van der Waals surface area contributed by atoms with Crippen molar-refractivity contribution in [1.82, 2.24) is 20.3 Å². The monoisotopic (exact) mass is 332 g/mol. The summed E-state index contributed by atoms with van der Waals surface area (Å²) < 4.78 is 18.9. The van der Waals surface area contributed by atoms with Gasteiger partial charge in [0.25, 0.3) is 0 Å². The Morgan fingerprint density at radius 1 is 1.46 bits per heavy atom. The van der Waals surface area contributed by atoms with E-state index in [4.69, 9.17) is 4.52 Å². The molecule has 1 aliphatic heterocycles. The average molecular weight is 332 g/mol. The number of aromatic nitrogens is 1. The van der Waals surface area contributed by atoms with Gasteiger partial charge in [-0.05, 0) is 32.6 Å². The topological polar surface area (TPSA) is 61.6 Å². The van der Waals surface area contributed by atoms with Crippen LogP contribution in [0, 0.1) is 5.82 Å². The first-order chi connectivity index (χ1) is 11.5. The van der Waals surface area contributed by atoms with Crippen LogP contribution in [0.5, 0.6) is 0 Å². The molecule has 7 heteroatoms. The van der Waals surface area contributed by atoms with Gasteiger partial charge in [0.15, 0.2) is 5.76 Å². The molecule has 2 amide bonds. The highest BCUT2D eigenvalue weighted by Gasteiger charge is 2.27. The number of nitrogens with zero attached hydrogens (tertiary/aromatic N) is 3. The lowest BCUT2D eigenvalue weighted by Gasteiger charge is -2.20. The number of amides is 2. The van der Waals surface area contributed by atoms with Crippen molar-refractivity contribution in [2.45, 2.75) is 19.0 Å². The molecule has 24 heavy (non-hydrogen) atoms. The Balaban J connectivity index is 1.56. The van der Waals surface area contributed by atoms with Crippen LogP contribution >= 0.6 is 0 Å². The van der Waals surface area contributed by atoms with E-state index in [1.807, 2.05) is 14.1 Å². The second kappa shape index (κ2) is 7.00. The van der Waals surface area contributed by atoms with Gasteiger partial charge in [-0.25, -0.2) is 9.18 Å². The first-order valence-electron chi connectivity index (χ1n) is 7.94. The molecule has 1 fully saturated rings. The van der Waals surface area contributed by atoms with Crippen LogP contribution in [0.2, 0.25) is 0 Å². The van der Waals surface area contributed by atoms with Crippen LogP contribution in [0.25, 0.3) is 11.3 Å². The first kappa shape index (κ1) is 16.4. The maximum absolute atomic E-state index is 13.7. The van der Waals surface area contributed by atoms with Gasteiger partial charge in [-0.15, -0.1) is 0 Å². The number of urea groups is 1. The minimum Gasteiger partial charge on any atom is -0.359 e. The molecule has 2 aromatic rings. The van der Waals surface area contributed by atoms with E-state index in [0.717, 1.165) is 19.5 Å². The second-order valence-corrected chi connectivity index (χ2v) is 6.17. The molecule has 0 saturated carbocycles. The van der Waals surface area contributed by atoms with E-state index in [1.165, 1.54) is 6.07 Å². The van der Waals surface area contributed by atoms with E-state index in [9.17, 15) is 9.18 Å². The maximum Gasteiger partial charge on any atom is 0.317 e. The molecule has 0 bridgehead atoms. The van der Waals surface area contributed by atoms with E-state index in [-0.39, 0.29) is 18.4 Å². The van der Waals surface area contributed by atoms with Gasteiger partial charge in [0.2, 0.25) is 0 Å². The van der Waals surface area contributed by atoms with E-state index in [1.54, 1.807) is 29.2 Å². The summed E-state index contributed by atoms with van der Waals surface area (Å²) in [5, 5.41) is 6.69. The fourth-order valence-electron chi connectivity index (χ4n) is 2.81. The van der Waals surface area contributed by atoms with E-state index in [0.29, 0.717) is 23.1 Å². The highest BCUT2D eigenvalue weighted by atomic mass is 19.1. The van der Waals surface area contributed by atoms with Crippen molar-refractivity contribution in [3.05, 3.63) is 41.9 Å². The van der Waals surface area contributed by atoms with Gasteiger partial charge in [-0.1, -0.05) is 17.3 Å². The van der Waals surface area contributed by atoms with E-state index >= 15 is 0 Å². The van der Waals surface area contributed by atoms with Crippen molar-refractivity contribution in [3.8, 4) is 11.3 Å². The minimum absolute atomic E-state index is 0.122. The van der Waals surface area contributed by atoms with Gasteiger partial charge in [-0.3, -0.25) is 0 Å². The summed E-state index contributed by atoms with van der Waals surface area (Å²) in [6.07, 6.45) is 0.972. The largest absolute Gasteiger partial charge is 0.359 e. The molecule has 1 saturated heterocycles. The van der Waals surface area contributed by atoms with Crippen molar-refractivity contribution < 1.29 is 13.7 Å². The number of rotatable bonds is 4. The van der Waals surface area contributed by atoms with Crippen LogP contribution in [-0.2, 0) is 6.54 Å². The predicted octanol–water partition coefficient (Wildman–Crippen LogP) is 2.33. The summed E-state index contributed by atoms with van der Waals surface area (Å²) >= 11 is 0. The molecule has 0 aliphatic carbocycles. The number of carbonyl (C=O) groups is 1. The molecule has 0 radical (unpaired) electrons. The molecule has 1 aliphatic rings. The van der Waals surface area contributed by atoms with Crippen LogP contribution in [0.3, 0.4) is 0 Å². The van der Waals surface area contributed by atoms with Gasteiger partial charge < -0.3 is 19.6 Å². The number of hydrogen-bond donors (Lipinski definition) is 1. The van der Waals surface area contributed by atoms with Gasteiger partial charge in [0.1, 0.15) is 11.5 Å². The number of nitrogens with one attached hydrogen (secondary N) is 1. The van der Waals surface area contributed by atoms with Gasteiger partial charge in [0.05, 0.1) is 6.54 Å². The lowest BCUT2D eigenvalue weighted by molar-refractivity contribution is 0.201. The zero-order chi connectivity index (χ0) is 17.1. The summed E-state index contributed by atoms with van der Waals surface area (Å²) in [6, 6.07) is 8.30. The van der Waals surface area contributed by atoms with Crippen molar-refractivity contribution in [2.75, 3.05) is 27.2 Å². The molecule has 2 heterocycles. The number of hydrogen-bond acceptors (Lipinski definition) is 4. The van der Waals surface area contributed by atoms with Crippen LogP contribution < -0.4 is 5.32 Å². The van der Waals surface area contributed by atoms with Gasteiger partial charge >= 0.3 is 6.03 Å². The smallest absolute Gasteiger partial charge is 0.317 e. The van der Waals surface area contributed by atoms with Crippen molar-refractivity contribution in [2.24, 2.45) is 0 Å². The summed E-state index contributed by atoms with van der Waals surface area (Å²) in [5.41, 5.74) is 0.804. The van der Waals surface area contributed by atoms with Gasteiger partial charge in [-0.2, -0.15) is 0 Å². The standard InChI is InChI=1S/C17H21FN4O2/c1-21(2)12-7-8-22(11-12)17(23)19-10-13-9-16(20-24-13)14-5-3-4-6-15(14)18/h3-6,9,12H,7-8,10-11H2,1-2H3,(H,19,23)/t12-/m0/s1. The summed E-state index contributed by atoms with van der Waals surface area (Å²) in [7, 11) is 4.04. The molecular formula is C17H21FN4O2. The summed E-state index contributed by atoms with van der Waals surface area (Å²) in [4.78, 5) is 16.1. The number of carbonyl (C=O) groups excluding carboxylic acids is 1. The highest BCUT2D eigenvalue weighted by Crippen LogP contribution is 2.22. The van der Waals surface area contributed by atoms with Crippen molar-refractivity contribution in [3.63, 3.8) is 0 Å². The lowest BCUT2D eigenvalue weighted by atomic mass is 10.1. The number of benzene rings is 1. The molecule has 3 rings (SSSR count). The maximum atomic E-state index is 13.7. The molecular weight excluding hydrogens is 311 g/mol. The molecule has 0 spiro atoms. The quantitative estimate of drug-likeness (QED) is 0.933. The fraction of sp³-hybridized carbons (Fsp3) is 0.412. The Kier molecular flexibility index (Phi) is 4.80. The SMILES string of the molecule is CN(C)[C@H]1CCN(C(=O)NCc2cc(-c3ccccc3F)no2)C1. The van der Waals surface area contributed by atoms with Crippen molar-refractivity contribution >= 4 is 6.03 Å². The third-order valence-corrected chi connectivity index (χ3v) is 4.30. The van der Waals surface area contributed by atoms with Crippen LogP contribution in [0.15, 0.2) is 34.9 Å². The highest BCUT2D eigenvalue weighted by molar-refractivity contribution is 5.74. The summed E-state index contributed by atoms with van der Waals surface area (Å²) in [5.74, 6) is 0.137. The molecule has 1 aromatic carbocycles. The Labute approximate surface area is 140 Å². The summed E-state index contributed by atoms with van der Waals surface area (Å²) in [6.45, 7) is 1.69. The molecule has 1 atom stereocenters. The Morgan fingerprint density at radius 3 is 2.96 bits per heavy atom. The molecule has 6 nitrogen and oxygen atoms in total. The first-order valence-corrected chi connectivity index (χ1v) is 7.94. The Bertz CT molecular complexity index is 716. The lowest BCUT2D eigenvalue weighted by Crippen LogP contribution is -2.40. The average Bonchev–Trinajstić information content (AvgIpc) is 3.22. The predicted molar refractivity (Wildman–Crippen MR) is 87.8 cm³/mol. The third kappa shape index (κ3) is 3.56. The van der Waals surface area contributed by atoms with Gasteiger partial charge in [0, 0.05) is 30.8 Å². The minimum atomic E-state index is -0.354. The number of halogens is 1. The normalized spacial score (nSPS) is 17.5. The molecule has 128 valence electrons. The molecule has 0 unspecified atom stereocenters. The third-order valence-electron chi connectivity index (χ3n) is 4.30. The molecule has 1 aromatic heterocycles. The second-order valence-electron chi connectivity index (χ2n) is 6.17. The van der Waals surface area contributed by atoms with E-state index < -0.39 is 0 Å². The van der Waals surface area contributed by atoms with Crippen molar-refractivity contribution in [1.29, 1.82) is 0 Å². The van der Waals surface area contributed by atoms with Crippen LogP contribution in [0.1, 0.15) is 12.2 Å².